The molecule has 3 aliphatic rings. The zero-order chi connectivity index (χ0) is 25.9. The highest BCUT2D eigenvalue weighted by Gasteiger charge is 2.53. The first-order chi connectivity index (χ1) is 18.7. The number of ether oxygens (including phenoxy) is 7. The van der Waals surface area contributed by atoms with Crippen molar-refractivity contribution >= 4 is 5.97 Å². The fourth-order valence-electron chi connectivity index (χ4n) is 5.11. The van der Waals surface area contributed by atoms with Gasteiger partial charge in [0.25, 0.3) is 0 Å². The van der Waals surface area contributed by atoms with Crippen LogP contribution in [0.15, 0.2) is 91.0 Å². The normalized spacial score (nSPS) is 33.2. The minimum atomic E-state index is -0.700. The largest absolute Gasteiger partial charge is 0.457 e. The fraction of sp³-hybridized carbons (Fsp3) is 0.367. The van der Waals surface area contributed by atoms with E-state index in [-0.39, 0.29) is 6.61 Å². The number of fused-ring (bicyclic) bond motifs is 1. The Morgan fingerprint density at radius 2 is 1.08 bits per heavy atom. The maximum Gasteiger partial charge on any atom is 0.303 e. The summed E-state index contributed by atoms with van der Waals surface area (Å²) in [6, 6.07) is 29.1. The zero-order valence-corrected chi connectivity index (χ0v) is 21.0. The van der Waals surface area contributed by atoms with Crippen molar-refractivity contribution in [3.05, 3.63) is 108 Å². The van der Waals surface area contributed by atoms with Crippen LogP contribution in [-0.2, 0) is 38.0 Å². The molecule has 6 rings (SSSR count). The SMILES string of the molecule is CC(=O)O[C@H]1CO[C@H](c2ccccc2)O[C@@H]1[C@H]1O[C@@H](c2ccccc2)O[C@@H]2CO[C@H](c3ccccc3)O[C@H]12. The molecule has 3 fully saturated rings. The first-order valence-electron chi connectivity index (χ1n) is 12.8. The van der Waals surface area contributed by atoms with E-state index in [1.165, 1.54) is 6.92 Å². The van der Waals surface area contributed by atoms with E-state index in [1.54, 1.807) is 0 Å². The summed E-state index contributed by atoms with van der Waals surface area (Å²) in [7, 11) is 0. The van der Waals surface area contributed by atoms with Gasteiger partial charge in [0.2, 0.25) is 0 Å². The number of rotatable bonds is 5. The van der Waals surface area contributed by atoms with Gasteiger partial charge in [-0.1, -0.05) is 91.0 Å². The minimum absolute atomic E-state index is 0.149. The van der Waals surface area contributed by atoms with E-state index >= 15 is 0 Å². The molecule has 3 saturated heterocycles. The van der Waals surface area contributed by atoms with Gasteiger partial charge in [-0.25, -0.2) is 0 Å². The summed E-state index contributed by atoms with van der Waals surface area (Å²) in [5, 5.41) is 0. The standard InChI is InChI=1S/C30H30O8/c1-19(31)34-23-17-32-28(20-11-5-2-6-12-20)36-25(23)27-26-24(35-30(38-27)22-15-9-4-10-16-22)18-33-29(37-26)21-13-7-3-8-14-21/h2-16,23-30H,17-18H2,1H3/t23-,24+,25-,26-,27+,28-,29-,30-/m0/s1. The van der Waals surface area contributed by atoms with Gasteiger partial charge in [-0.3, -0.25) is 4.79 Å². The third kappa shape index (κ3) is 5.37. The van der Waals surface area contributed by atoms with Gasteiger partial charge in [0.1, 0.15) is 24.4 Å². The molecule has 198 valence electrons. The average molecular weight is 519 g/mol. The summed E-state index contributed by atoms with van der Waals surface area (Å²) >= 11 is 0. The van der Waals surface area contributed by atoms with Gasteiger partial charge in [-0.2, -0.15) is 0 Å². The van der Waals surface area contributed by atoms with E-state index in [0.717, 1.165) is 16.7 Å². The van der Waals surface area contributed by atoms with Crippen LogP contribution in [0.2, 0.25) is 0 Å². The Morgan fingerprint density at radius 1 is 0.605 bits per heavy atom. The molecule has 38 heavy (non-hydrogen) atoms. The van der Waals surface area contributed by atoms with Crippen LogP contribution in [0.1, 0.15) is 42.5 Å². The molecule has 0 amide bonds. The highest BCUT2D eigenvalue weighted by atomic mass is 16.8. The molecule has 8 nitrogen and oxygen atoms in total. The quantitative estimate of drug-likeness (QED) is 0.453. The van der Waals surface area contributed by atoms with Crippen LogP contribution >= 0.6 is 0 Å². The van der Waals surface area contributed by atoms with Crippen molar-refractivity contribution in [2.45, 2.75) is 56.3 Å². The molecule has 3 aliphatic heterocycles. The zero-order valence-electron chi connectivity index (χ0n) is 21.0. The average Bonchev–Trinajstić information content (AvgIpc) is 2.98. The van der Waals surface area contributed by atoms with E-state index in [1.807, 2.05) is 91.0 Å². The molecule has 0 unspecified atom stereocenters. The highest BCUT2D eigenvalue weighted by molar-refractivity contribution is 5.66. The van der Waals surface area contributed by atoms with Gasteiger partial charge in [0, 0.05) is 23.6 Å². The molecular weight excluding hydrogens is 488 g/mol. The van der Waals surface area contributed by atoms with Gasteiger partial charge >= 0.3 is 5.97 Å². The van der Waals surface area contributed by atoms with Crippen molar-refractivity contribution in [1.29, 1.82) is 0 Å². The van der Waals surface area contributed by atoms with Gasteiger partial charge in [0.05, 0.1) is 13.2 Å². The van der Waals surface area contributed by atoms with Crippen molar-refractivity contribution in [1.82, 2.24) is 0 Å². The summed E-state index contributed by atoms with van der Waals surface area (Å²) in [5.41, 5.74) is 2.61. The van der Waals surface area contributed by atoms with Crippen molar-refractivity contribution in [3.63, 3.8) is 0 Å². The monoisotopic (exact) mass is 518 g/mol. The maximum atomic E-state index is 12.0. The predicted octanol–water partition coefficient (Wildman–Crippen LogP) is 4.63. The number of hydrogen-bond donors (Lipinski definition) is 0. The Bertz CT molecular complexity index is 1190. The van der Waals surface area contributed by atoms with Crippen LogP contribution in [-0.4, -0.2) is 49.7 Å². The van der Waals surface area contributed by atoms with Crippen LogP contribution in [0, 0.1) is 0 Å². The Labute approximate surface area is 221 Å². The third-order valence-electron chi connectivity index (χ3n) is 6.88. The molecular formula is C30H30O8. The molecule has 0 radical (unpaired) electrons. The molecule has 8 atom stereocenters. The number of carbonyl (C=O) groups is 1. The van der Waals surface area contributed by atoms with Gasteiger partial charge in [0.15, 0.2) is 25.0 Å². The maximum absolute atomic E-state index is 12.0. The molecule has 0 N–H and O–H groups in total. The first-order valence-corrected chi connectivity index (χ1v) is 12.8. The Hall–Kier alpha value is -3.11. The molecule has 0 aliphatic carbocycles. The van der Waals surface area contributed by atoms with Crippen LogP contribution in [0.25, 0.3) is 0 Å². The lowest BCUT2D eigenvalue weighted by Crippen LogP contribution is -2.62. The lowest BCUT2D eigenvalue weighted by molar-refractivity contribution is -0.391. The topological polar surface area (TPSA) is 81.7 Å². The third-order valence-corrected chi connectivity index (χ3v) is 6.88. The number of esters is 1. The summed E-state index contributed by atoms with van der Waals surface area (Å²) in [6.07, 6.45) is -4.94. The molecule has 3 aromatic rings. The van der Waals surface area contributed by atoms with Gasteiger partial charge < -0.3 is 33.2 Å². The van der Waals surface area contributed by atoms with E-state index in [4.69, 9.17) is 33.2 Å². The van der Waals surface area contributed by atoms with Crippen molar-refractivity contribution < 1.29 is 38.0 Å². The second kappa shape index (κ2) is 11.3. The van der Waals surface area contributed by atoms with Crippen molar-refractivity contribution in [2.75, 3.05) is 13.2 Å². The molecule has 3 aromatic carbocycles. The molecule has 0 spiro atoms. The van der Waals surface area contributed by atoms with Gasteiger partial charge in [-0.15, -0.1) is 0 Å². The lowest BCUT2D eigenvalue weighted by Gasteiger charge is -2.50. The fourth-order valence-corrected chi connectivity index (χ4v) is 5.11. The van der Waals surface area contributed by atoms with E-state index < -0.39 is 55.4 Å². The molecule has 8 heteroatoms. The van der Waals surface area contributed by atoms with Crippen LogP contribution < -0.4 is 0 Å². The van der Waals surface area contributed by atoms with E-state index in [9.17, 15) is 4.79 Å². The summed E-state index contributed by atoms with van der Waals surface area (Å²) in [6.45, 7) is 1.82. The molecule has 0 saturated carbocycles. The van der Waals surface area contributed by atoms with Crippen LogP contribution in [0.3, 0.4) is 0 Å². The van der Waals surface area contributed by atoms with Crippen LogP contribution in [0.4, 0.5) is 0 Å². The second-order valence-electron chi connectivity index (χ2n) is 9.52. The van der Waals surface area contributed by atoms with E-state index in [2.05, 4.69) is 0 Å². The predicted molar refractivity (Wildman–Crippen MR) is 134 cm³/mol. The number of benzene rings is 3. The summed E-state index contributed by atoms with van der Waals surface area (Å²) < 4.78 is 43.7. The number of carbonyl (C=O) groups excluding carboxylic acids is 1. The molecule has 3 heterocycles. The highest BCUT2D eigenvalue weighted by Crippen LogP contribution is 2.42. The smallest absolute Gasteiger partial charge is 0.303 e. The summed E-state index contributed by atoms with van der Waals surface area (Å²) in [4.78, 5) is 12.0. The number of hydrogen-bond acceptors (Lipinski definition) is 8. The Kier molecular flexibility index (Phi) is 7.51. The first kappa shape index (κ1) is 25.2. The Balaban J connectivity index is 1.34. The lowest BCUT2D eigenvalue weighted by atomic mass is 9.95. The second-order valence-corrected chi connectivity index (χ2v) is 9.52. The van der Waals surface area contributed by atoms with E-state index in [0.29, 0.717) is 6.61 Å². The van der Waals surface area contributed by atoms with Crippen molar-refractivity contribution in [3.8, 4) is 0 Å². The van der Waals surface area contributed by atoms with Crippen LogP contribution in [0.5, 0.6) is 0 Å². The Morgan fingerprint density at radius 3 is 1.63 bits per heavy atom. The summed E-state index contributed by atoms with van der Waals surface area (Å²) in [5.74, 6) is -0.427. The molecule has 0 bridgehead atoms. The van der Waals surface area contributed by atoms with Crippen molar-refractivity contribution in [2.24, 2.45) is 0 Å². The molecule has 0 aromatic heterocycles. The minimum Gasteiger partial charge on any atom is -0.457 e. The van der Waals surface area contributed by atoms with Gasteiger partial charge in [-0.05, 0) is 0 Å².